The molecule has 4 rings (SSSR count). The van der Waals surface area contributed by atoms with Crippen LogP contribution in [0.3, 0.4) is 0 Å². The van der Waals surface area contributed by atoms with E-state index in [-0.39, 0.29) is 30.0 Å². The molecule has 0 aromatic heterocycles. The molecule has 0 spiro atoms. The van der Waals surface area contributed by atoms with E-state index in [1.54, 1.807) is 0 Å². The highest BCUT2D eigenvalue weighted by atomic mass is 19.3. The van der Waals surface area contributed by atoms with Gasteiger partial charge in [-0.15, -0.1) is 8.78 Å². The third-order valence-electron chi connectivity index (χ3n) is 4.54. The van der Waals surface area contributed by atoms with Gasteiger partial charge in [0.15, 0.2) is 18.0 Å². The van der Waals surface area contributed by atoms with E-state index in [9.17, 15) is 13.6 Å². The van der Waals surface area contributed by atoms with Gasteiger partial charge in [0.25, 0.3) is 5.91 Å². The summed E-state index contributed by atoms with van der Waals surface area (Å²) in [7, 11) is 0. The number of rotatable bonds is 6. The lowest BCUT2D eigenvalue weighted by Crippen LogP contribution is -2.87. The van der Waals surface area contributed by atoms with Gasteiger partial charge in [0.2, 0.25) is 0 Å². The molecule has 0 fully saturated rings. The lowest BCUT2D eigenvalue weighted by Gasteiger charge is -2.16. The molecular formula is C22H19F2N2O3+. The minimum Gasteiger partial charge on any atom is -0.395 e. The normalized spacial score (nSPS) is 14.0. The number of anilines is 1. The smallest absolute Gasteiger partial charge is 0.395 e. The number of nitrogens with one attached hydrogen (secondary N) is 1. The zero-order chi connectivity index (χ0) is 20.3. The predicted molar refractivity (Wildman–Crippen MR) is 103 cm³/mol. The Balaban J connectivity index is 1.43. The number of amides is 1. The van der Waals surface area contributed by atoms with Gasteiger partial charge in [-0.25, -0.2) is 0 Å². The van der Waals surface area contributed by atoms with Crippen molar-refractivity contribution < 1.29 is 28.4 Å². The molecule has 148 valence electrons. The van der Waals surface area contributed by atoms with Crippen molar-refractivity contribution in [3.05, 3.63) is 90.0 Å². The van der Waals surface area contributed by atoms with Crippen LogP contribution in [0.4, 0.5) is 14.5 Å². The molecule has 0 bridgehead atoms. The molecule has 0 saturated carbocycles. The standard InChI is InChI=1S/C22H18F2N2O3/c23-22(24)28-18-12-11-17(13-19(18)29-22)26-20(27)14-25-21(15-7-3-1-4-8-15)16-9-5-2-6-10-16/h1-13,21,25H,14H2,(H,26,27)/p+1. The van der Waals surface area contributed by atoms with Gasteiger partial charge in [0.1, 0.15) is 6.04 Å². The van der Waals surface area contributed by atoms with E-state index in [1.165, 1.54) is 18.2 Å². The number of fused-ring (bicyclic) bond motifs is 1. The lowest BCUT2D eigenvalue weighted by molar-refractivity contribution is -0.676. The van der Waals surface area contributed by atoms with Crippen LogP contribution in [0.25, 0.3) is 0 Å². The van der Waals surface area contributed by atoms with Crippen molar-refractivity contribution in [1.82, 2.24) is 0 Å². The van der Waals surface area contributed by atoms with Gasteiger partial charge in [-0.3, -0.25) is 4.79 Å². The monoisotopic (exact) mass is 397 g/mol. The van der Waals surface area contributed by atoms with Gasteiger partial charge in [-0.1, -0.05) is 60.7 Å². The Kier molecular flexibility index (Phi) is 5.14. The molecule has 1 aliphatic rings. The number of benzene rings is 3. The van der Waals surface area contributed by atoms with Crippen LogP contribution < -0.4 is 20.1 Å². The Morgan fingerprint density at radius 1 is 0.897 bits per heavy atom. The van der Waals surface area contributed by atoms with Crippen molar-refractivity contribution in [2.24, 2.45) is 0 Å². The van der Waals surface area contributed by atoms with Crippen LogP contribution in [-0.2, 0) is 4.79 Å². The number of halogens is 2. The summed E-state index contributed by atoms with van der Waals surface area (Å²) in [6.07, 6.45) is -3.68. The van der Waals surface area contributed by atoms with Gasteiger partial charge in [-0.2, -0.15) is 0 Å². The maximum Gasteiger partial charge on any atom is 0.586 e. The molecule has 1 amide bonds. The zero-order valence-electron chi connectivity index (χ0n) is 15.3. The average Bonchev–Trinajstić information content (AvgIpc) is 3.03. The summed E-state index contributed by atoms with van der Waals surface area (Å²) in [5.41, 5.74) is 2.52. The first kappa shape index (κ1) is 18.9. The summed E-state index contributed by atoms with van der Waals surface area (Å²) in [4.78, 5) is 12.4. The SMILES string of the molecule is O=C(C[NH2+]C(c1ccccc1)c1ccccc1)Nc1ccc2c(c1)OC(F)(F)O2. The van der Waals surface area contributed by atoms with Crippen molar-refractivity contribution in [3.8, 4) is 11.5 Å². The number of hydrogen-bond acceptors (Lipinski definition) is 3. The maximum atomic E-state index is 13.1. The maximum absolute atomic E-state index is 13.1. The van der Waals surface area contributed by atoms with Crippen molar-refractivity contribution in [1.29, 1.82) is 0 Å². The average molecular weight is 397 g/mol. The van der Waals surface area contributed by atoms with E-state index in [4.69, 9.17) is 0 Å². The van der Waals surface area contributed by atoms with Gasteiger partial charge in [0.05, 0.1) is 0 Å². The number of alkyl halides is 2. The van der Waals surface area contributed by atoms with Crippen molar-refractivity contribution in [3.63, 3.8) is 0 Å². The largest absolute Gasteiger partial charge is 0.586 e. The Hall–Kier alpha value is -3.45. The highest BCUT2D eigenvalue weighted by Gasteiger charge is 2.43. The van der Waals surface area contributed by atoms with Gasteiger partial charge in [-0.05, 0) is 12.1 Å². The number of quaternary nitrogens is 1. The fraction of sp³-hybridized carbons (Fsp3) is 0.136. The van der Waals surface area contributed by atoms with Crippen LogP contribution in [0.15, 0.2) is 78.9 Å². The molecule has 3 aromatic rings. The van der Waals surface area contributed by atoms with Crippen LogP contribution >= 0.6 is 0 Å². The fourth-order valence-electron chi connectivity index (χ4n) is 3.25. The zero-order valence-corrected chi connectivity index (χ0v) is 15.3. The first-order chi connectivity index (χ1) is 14.0. The molecule has 1 aliphatic heterocycles. The summed E-state index contributed by atoms with van der Waals surface area (Å²) >= 11 is 0. The lowest BCUT2D eigenvalue weighted by atomic mass is 9.99. The molecule has 3 N–H and O–H groups in total. The fourth-order valence-corrected chi connectivity index (χ4v) is 3.25. The first-order valence-corrected chi connectivity index (χ1v) is 9.13. The van der Waals surface area contributed by atoms with Gasteiger partial charge >= 0.3 is 6.29 Å². The third kappa shape index (κ3) is 4.52. The van der Waals surface area contributed by atoms with Gasteiger partial charge in [0, 0.05) is 22.9 Å². The molecule has 0 atom stereocenters. The Labute approximate surface area is 166 Å². The predicted octanol–water partition coefficient (Wildman–Crippen LogP) is 3.30. The van der Waals surface area contributed by atoms with Crippen molar-refractivity contribution in [2.45, 2.75) is 12.3 Å². The molecule has 0 unspecified atom stereocenters. The highest BCUT2D eigenvalue weighted by Crippen LogP contribution is 2.42. The minimum atomic E-state index is -3.68. The van der Waals surface area contributed by atoms with Gasteiger partial charge < -0.3 is 20.1 Å². The molecule has 1 heterocycles. The highest BCUT2D eigenvalue weighted by molar-refractivity contribution is 5.91. The summed E-state index contributed by atoms with van der Waals surface area (Å²) in [5.74, 6) is -0.427. The molecule has 7 heteroatoms. The number of nitrogens with two attached hydrogens (primary N) is 1. The molecule has 0 radical (unpaired) electrons. The molecular weight excluding hydrogens is 378 g/mol. The molecule has 5 nitrogen and oxygen atoms in total. The molecule has 3 aromatic carbocycles. The topological polar surface area (TPSA) is 64.2 Å². The second kappa shape index (κ2) is 7.89. The quantitative estimate of drug-likeness (QED) is 0.671. The third-order valence-corrected chi connectivity index (χ3v) is 4.54. The van der Waals surface area contributed by atoms with E-state index >= 15 is 0 Å². The summed E-state index contributed by atoms with van der Waals surface area (Å²) < 4.78 is 35.0. The summed E-state index contributed by atoms with van der Waals surface area (Å²) in [6, 6.07) is 23.9. The van der Waals surface area contributed by atoms with Crippen LogP contribution in [-0.4, -0.2) is 18.7 Å². The Morgan fingerprint density at radius 2 is 1.48 bits per heavy atom. The van der Waals surface area contributed by atoms with E-state index in [1.807, 2.05) is 66.0 Å². The minimum absolute atomic E-state index is 0.0430. The van der Waals surface area contributed by atoms with Crippen LogP contribution in [0.1, 0.15) is 17.2 Å². The van der Waals surface area contributed by atoms with Crippen LogP contribution in [0, 0.1) is 0 Å². The second-order valence-electron chi connectivity index (χ2n) is 6.62. The van der Waals surface area contributed by atoms with Crippen molar-refractivity contribution >= 4 is 11.6 Å². The Bertz CT molecular complexity index is 958. The first-order valence-electron chi connectivity index (χ1n) is 9.13. The molecule has 0 saturated heterocycles. The number of hydrogen-bond donors (Lipinski definition) is 2. The number of carbonyl (C=O) groups is 1. The summed E-state index contributed by atoms with van der Waals surface area (Å²) in [5, 5.41) is 4.64. The van der Waals surface area contributed by atoms with E-state index in [0.717, 1.165) is 11.1 Å². The Morgan fingerprint density at radius 3 is 2.10 bits per heavy atom. The summed E-state index contributed by atoms with van der Waals surface area (Å²) in [6.45, 7) is 0.152. The van der Waals surface area contributed by atoms with E-state index in [0.29, 0.717) is 5.69 Å². The van der Waals surface area contributed by atoms with Crippen LogP contribution in [0.5, 0.6) is 11.5 Å². The number of carbonyl (C=O) groups excluding carboxylic acids is 1. The molecule has 0 aliphatic carbocycles. The van der Waals surface area contributed by atoms with Crippen LogP contribution in [0.2, 0.25) is 0 Å². The molecule has 29 heavy (non-hydrogen) atoms. The van der Waals surface area contributed by atoms with E-state index < -0.39 is 6.29 Å². The number of ether oxygens (including phenoxy) is 2. The van der Waals surface area contributed by atoms with E-state index in [2.05, 4.69) is 14.8 Å². The second-order valence-corrected chi connectivity index (χ2v) is 6.62. The van der Waals surface area contributed by atoms with Crippen molar-refractivity contribution in [2.75, 3.05) is 11.9 Å².